The first-order valence-electron chi connectivity index (χ1n) is 6.78. The normalized spacial score (nSPS) is 23.2. The van der Waals surface area contributed by atoms with Crippen LogP contribution in [-0.4, -0.2) is 21.7 Å². The number of amides is 1. The Hall–Kier alpha value is -1.36. The molecule has 1 fully saturated rings. The van der Waals surface area contributed by atoms with Gasteiger partial charge in [-0.1, -0.05) is 13.3 Å². The molecule has 1 heterocycles. The highest BCUT2D eigenvalue weighted by atomic mass is 16.1. The zero-order valence-electron chi connectivity index (χ0n) is 10.9. The summed E-state index contributed by atoms with van der Waals surface area (Å²) in [6, 6.07) is 2.03. The molecule has 1 aromatic rings. The quantitative estimate of drug-likeness (QED) is 0.836. The minimum absolute atomic E-state index is 0.0511. The first kappa shape index (κ1) is 13.1. The lowest BCUT2D eigenvalue weighted by Crippen LogP contribution is -2.28. The Labute approximate surface area is 108 Å². The van der Waals surface area contributed by atoms with Gasteiger partial charge in [0.15, 0.2) is 0 Å². The van der Waals surface area contributed by atoms with E-state index in [9.17, 15) is 4.79 Å². The Balaban J connectivity index is 1.88. The first-order chi connectivity index (χ1) is 8.70. The number of nitrogens with zero attached hydrogens (tertiary/aromatic N) is 2. The van der Waals surface area contributed by atoms with Crippen molar-refractivity contribution in [2.75, 3.05) is 5.32 Å². The van der Waals surface area contributed by atoms with Gasteiger partial charge in [0.2, 0.25) is 5.91 Å². The van der Waals surface area contributed by atoms with Crippen LogP contribution in [-0.2, 0) is 11.3 Å². The zero-order chi connectivity index (χ0) is 13.0. The highest BCUT2D eigenvalue weighted by Gasteiger charge is 2.26. The molecule has 100 valence electrons. The van der Waals surface area contributed by atoms with Crippen molar-refractivity contribution in [3.05, 3.63) is 12.3 Å². The molecular weight excluding hydrogens is 228 g/mol. The number of nitrogens with one attached hydrogen (secondary N) is 1. The van der Waals surface area contributed by atoms with E-state index < -0.39 is 0 Å². The van der Waals surface area contributed by atoms with Crippen molar-refractivity contribution in [3.8, 4) is 0 Å². The molecule has 3 N–H and O–H groups in total. The van der Waals surface area contributed by atoms with E-state index in [1.807, 2.05) is 10.7 Å². The number of aryl methyl sites for hydroxylation is 1. The Bertz CT molecular complexity index is 401. The van der Waals surface area contributed by atoms with Gasteiger partial charge in [-0.25, -0.2) is 4.68 Å². The van der Waals surface area contributed by atoms with Crippen molar-refractivity contribution in [3.63, 3.8) is 0 Å². The van der Waals surface area contributed by atoms with Crippen LogP contribution in [0.1, 0.15) is 39.0 Å². The molecule has 1 aliphatic carbocycles. The smallest absolute Gasteiger partial charge is 0.225 e. The average molecular weight is 250 g/mol. The van der Waals surface area contributed by atoms with Crippen LogP contribution in [0.4, 0.5) is 5.82 Å². The summed E-state index contributed by atoms with van der Waals surface area (Å²) in [5.41, 5.74) is 5.98. The third kappa shape index (κ3) is 3.10. The van der Waals surface area contributed by atoms with Gasteiger partial charge in [0, 0.05) is 25.1 Å². The van der Waals surface area contributed by atoms with Crippen LogP contribution < -0.4 is 11.1 Å². The van der Waals surface area contributed by atoms with E-state index >= 15 is 0 Å². The van der Waals surface area contributed by atoms with Gasteiger partial charge in [0.1, 0.15) is 5.82 Å². The predicted molar refractivity (Wildman–Crippen MR) is 71.1 cm³/mol. The lowest BCUT2D eigenvalue weighted by atomic mass is 10.00. The molecule has 0 aliphatic heterocycles. The second-order valence-electron chi connectivity index (χ2n) is 5.05. The molecule has 1 aliphatic rings. The Morgan fingerprint density at radius 1 is 1.61 bits per heavy atom. The van der Waals surface area contributed by atoms with Gasteiger partial charge in [-0.15, -0.1) is 0 Å². The third-order valence-electron chi connectivity index (χ3n) is 3.58. The SMILES string of the molecule is CCCn1nccc1NC(=O)C[C@@H]1CCC[C@H]1N. The van der Waals surface area contributed by atoms with E-state index in [-0.39, 0.29) is 11.9 Å². The van der Waals surface area contributed by atoms with Crippen LogP contribution >= 0.6 is 0 Å². The van der Waals surface area contributed by atoms with Crippen molar-refractivity contribution in [2.45, 2.75) is 51.6 Å². The maximum atomic E-state index is 12.0. The summed E-state index contributed by atoms with van der Waals surface area (Å²) in [5, 5.41) is 7.11. The second-order valence-corrected chi connectivity index (χ2v) is 5.05. The van der Waals surface area contributed by atoms with Gasteiger partial charge in [-0.2, -0.15) is 5.10 Å². The van der Waals surface area contributed by atoms with Crippen molar-refractivity contribution in [2.24, 2.45) is 11.7 Å². The van der Waals surface area contributed by atoms with Crippen LogP contribution in [0.5, 0.6) is 0 Å². The van der Waals surface area contributed by atoms with E-state index in [2.05, 4.69) is 17.3 Å². The summed E-state index contributed by atoms with van der Waals surface area (Å²) < 4.78 is 1.83. The summed E-state index contributed by atoms with van der Waals surface area (Å²) in [7, 11) is 0. The molecule has 0 bridgehead atoms. The molecule has 0 spiro atoms. The topological polar surface area (TPSA) is 72.9 Å². The summed E-state index contributed by atoms with van der Waals surface area (Å²) in [4.78, 5) is 12.0. The van der Waals surface area contributed by atoms with Gasteiger partial charge in [0.05, 0.1) is 6.20 Å². The Morgan fingerprint density at radius 3 is 3.11 bits per heavy atom. The maximum absolute atomic E-state index is 12.0. The lowest BCUT2D eigenvalue weighted by Gasteiger charge is -2.15. The van der Waals surface area contributed by atoms with Crippen LogP contribution in [0.15, 0.2) is 12.3 Å². The predicted octanol–water partition coefficient (Wildman–Crippen LogP) is 1.75. The van der Waals surface area contributed by atoms with Crippen LogP contribution in [0.25, 0.3) is 0 Å². The minimum atomic E-state index is 0.0511. The third-order valence-corrected chi connectivity index (χ3v) is 3.58. The van der Waals surface area contributed by atoms with Crippen LogP contribution in [0, 0.1) is 5.92 Å². The number of carbonyl (C=O) groups is 1. The highest BCUT2D eigenvalue weighted by molar-refractivity contribution is 5.90. The minimum Gasteiger partial charge on any atom is -0.327 e. The molecular formula is C13H22N4O. The molecule has 1 saturated carbocycles. The summed E-state index contributed by atoms with van der Waals surface area (Å²) in [6.07, 6.45) is 6.50. The summed E-state index contributed by atoms with van der Waals surface area (Å²) in [5.74, 6) is 1.18. The fourth-order valence-corrected chi connectivity index (χ4v) is 2.58. The van der Waals surface area contributed by atoms with Crippen molar-refractivity contribution in [1.29, 1.82) is 0 Å². The average Bonchev–Trinajstić information content (AvgIpc) is 2.91. The van der Waals surface area contributed by atoms with Gasteiger partial charge in [0.25, 0.3) is 0 Å². The molecule has 18 heavy (non-hydrogen) atoms. The second kappa shape index (κ2) is 6.00. The zero-order valence-corrected chi connectivity index (χ0v) is 10.9. The summed E-state index contributed by atoms with van der Waals surface area (Å²) >= 11 is 0. The van der Waals surface area contributed by atoms with Gasteiger partial charge < -0.3 is 11.1 Å². The fraction of sp³-hybridized carbons (Fsp3) is 0.692. The van der Waals surface area contributed by atoms with Gasteiger partial charge in [-0.05, 0) is 25.2 Å². The Morgan fingerprint density at radius 2 is 2.44 bits per heavy atom. The molecule has 5 nitrogen and oxygen atoms in total. The number of hydrogen-bond donors (Lipinski definition) is 2. The molecule has 0 unspecified atom stereocenters. The van der Waals surface area contributed by atoms with E-state index in [0.717, 1.165) is 38.0 Å². The van der Waals surface area contributed by atoms with E-state index in [1.165, 1.54) is 0 Å². The first-order valence-corrected chi connectivity index (χ1v) is 6.78. The van der Waals surface area contributed by atoms with Crippen molar-refractivity contribution < 1.29 is 4.79 Å². The molecule has 2 rings (SSSR count). The molecule has 0 aromatic carbocycles. The number of rotatable bonds is 5. The standard InChI is InChI=1S/C13H22N4O/c1-2-8-17-12(6-7-15-17)16-13(18)9-10-4-3-5-11(10)14/h6-7,10-11H,2-5,8-9,14H2,1H3,(H,16,18)/t10-,11+/m0/s1. The molecule has 5 heteroatoms. The van der Waals surface area contributed by atoms with Crippen molar-refractivity contribution in [1.82, 2.24) is 9.78 Å². The lowest BCUT2D eigenvalue weighted by molar-refractivity contribution is -0.117. The number of carbonyl (C=O) groups excluding carboxylic acids is 1. The van der Waals surface area contributed by atoms with Gasteiger partial charge >= 0.3 is 0 Å². The molecule has 1 aromatic heterocycles. The number of nitrogens with two attached hydrogens (primary N) is 1. The molecule has 1 amide bonds. The molecule has 0 radical (unpaired) electrons. The van der Waals surface area contributed by atoms with Crippen molar-refractivity contribution >= 4 is 11.7 Å². The van der Waals surface area contributed by atoms with E-state index in [0.29, 0.717) is 12.3 Å². The van der Waals surface area contributed by atoms with E-state index in [1.54, 1.807) is 6.20 Å². The molecule has 2 atom stereocenters. The fourth-order valence-electron chi connectivity index (χ4n) is 2.58. The number of aromatic nitrogens is 2. The van der Waals surface area contributed by atoms with Crippen LogP contribution in [0.2, 0.25) is 0 Å². The summed E-state index contributed by atoms with van der Waals surface area (Å²) in [6.45, 7) is 2.91. The maximum Gasteiger partial charge on any atom is 0.225 e. The monoisotopic (exact) mass is 250 g/mol. The van der Waals surface area contributed by atoms with Crippen LogP contribution in [0.3, 0.4) is 0 Å². The largest absolute Gasteiger partial charge is 0.327 e. The van der Waals surface area contributed by atoms with E-state index in [4.69, 9.17) is 5.73 Å². The highest BCUT2D eigenvalue weighted by Crippen LogP contribution is 2.27. The molecule has 0 saturated heterocycles. The number of anilines is 1. The van der Waals surface area contributed by atoms with Gasteiger partial charge in [-0.3, -0.25) is 4.79 Å². The Kier molecular flexibility index (Phi) is 4.36. The number of hydrogen-bond acceptors (Lipinski definition) is 3.